The highest BCUT2D eigenvalue weighted by Crippen LogP contribution is 2.25. The van der Waals surface area contributed by atoms with Gasteiger partial charge >= 0.3 is 0 Å². The monoisotopic (exact) mass is 455 g/mol. The summed E-state index contributed by atoms with van der Waals surface area (Å²) >= 11 is 0. The Morgan fingerprint density at radius 1 is 1.15 bits per heavy atom. The van der Waals surface area contributed by atoms with Crippen molar-refractivity contribution in [3.8, 4) is 11.6 Å². The van der Waals surface area contributed by atoms with E-state index in [1.807, 2.05) is 38.2 Å². The summed E-state index contributed by atoms with van der Waals surface area (Å²) in [5.41, 5.74) is 2.16. The Kier molecular flexibility index (Phi) is 7.57. The third-order valence-electron chi connectivity index (χ3n) is 5.72. The molecule has 3 rings (SSSR count). The molecule has 33 heavy (non-hydrogen) atoms. The molecule has 0 spiro atoms. The number of hydrogen-bond acceptors (Lipinski definition) is 8. The lowest BCUT2D eigenvalue weighted by Gasteiger charge is -2.20. The summed E-state index contributed by atoms with van der Waals surface area (Å²) in [5, 5.41) is 11.8. The maximum absolute atomic E-state index is 12.6. The number of ether oxygens (including phenoxy) is 2. The zero-order chi connectivity index (χ0) is 24.1. The Morgan fingerprint density at radius 3 is 2.55 bits per heavy atom. The van der Waals surface area contributed by atoms with Crippen molar-refractivity contribution in [3.05, 3.63) is 52.2 Å². The number of rotatable bonds is 10. The molecule has 0 bridgehead atoms. The lowest BCUT2D eigenvalue weighted by atomic mass is 9.93. The van der Waals surface area contributed by atoms with Crippen molar-refractivity contribution in [2.45, 2.75) is 26.3 Å². The smallest absolute Gasteiger partial charge is 0.290 e. The van der Waals surface area contributed by atoms with Crippen LogP contribution in [-0.4, -0.2) is 52.4 Å². The van der Waals surface area contributed by atoms with Crippen molar-refractivity contribution in [2.24, 2.45) is 20.0 Å². The molecule has 0 fully saturated rings. The van der Waals surface area contributed by atoms with Gasteiger partial charge in [0.25, 0.3) is 5.56 Å². The number of nitrogens with one attached hydrogen (secondary N) is 1. The second-order valence-corrected chi connectivity index (χ2v) is 8.39. The van der Waals surface area contributed by atoms with E-state index in [1.165, 1.54) is 4.68 Å². The van der Waals surface area contributed by atoms with Crippen LogP contribution in [0.4, 0.5) is 11.5 Å². The molecule has 0 aliphatic rings. The first-order valence-corrected chi connectivity index (χ1v) is 10.8. The fourth-order valence-electron chi connectivity index (χ4n) is 3.58. The number of methoxy groups -OCH3 is 1. The van der Waals surface area contributed by atoms with Gasteiger partial charge in [0.1, 0.15) is 17.3 Å². The summed E-state index contributed by atoms with van der Waals surface area (Å²) < 4.78 is 14.2. The van der Waals surface area contributed by atoms with Crippen molar-refractivity contribution >= 4 is 11.5 Å². The van der Waals surface area contributed by atoms with Crippen LogP contribution in [0.25, 0.3) is 0 Å². The topological polar surface area (TPSA) is 99.3 Å². The van der Waals surface area contributed by atoms with E-state index in [0.29, 0.717) is 24.7 Å². The largest absolute Gasteiger partial charge is 0.495 e. The predicted molar refractivity (Wildman–Crippen MR) is 128 cm³/mol. The number of hydrogen-bond donors (Lipinski definition) is 1. The molecular weight excluding hydrogens is 422 g/mol. The summed E-state index contributed by atoms with van der Waals surface area (Å²) in [4.78, 5) is 19.0. The van der Waals surface area contributed by atoms with Crippen LogP contribution >= 0.6 is 0 Å². The van der Waals surface area contributed by atoms with Gasteiger partial charge in [0, 0.05) is 58.0 Å². The molecule has 0 aliphatic heterocycles. The fourth-order valence-corrected chi connectivity index (χ4v) is 3.58. The fraction of sp³-hybridized carbons (Fsp3) is 0.478. The Labute approximate surface area is 194 Å². The van der Waals surface area contributed by atoms with E-state index < -0.39 is 0 Å². The SMILES string of the molecule is COc1ccc([C@@H](C)C(C)COc2cc(NCc3cnn(C)c3N(C)C)c(=O)n(C)n2)nc1. The molecule has 0 amide bonds. The zero-order valence-electron chi connectivity index (χ0n) is 20.4. The highest BCUT2D eigenvalue weighted by Gasteiger charge is 2.18. The van der Waals surface area contributed by atoms with E-state index in [2.05, 4.69) is 34.3 Å². The molecule has 0 aliphatic carbocycles. The Hall–Kier alpha value is -3.56. The number of anilines is 2. The van der Waals surface area contributed by atoms with Gasteiger partial charge in [-0.2, -0.15) is 5.10 Å². The number of aryl methyl sites for hydroxylation is 2. The molecule has 0 saturated heterocycles. The lowest BCUT2D eigenvalue weighted by Crippen LogP contribution is -2.25. The summed E-state index contributed by atoms with van der Waals surface area (Å²) in [6, 6.07) is 5.52. The van der Waals surface area contributed by atoms with Crippen molar-refractivity contribution in [3.63, 3.8) is 0 Å². The van der Waals surface area contributed by atoms with E-state index in [4.69, 9.17) is 9.47 Å². The van der Waals surface area contributed by atoms with E-state index in [-0.39, 0.29) is 17.4 Å². The standard InChI is InChI=1S/C23H33N7O3/c1-15(16(2)19-9-8-18(32-7)13-25-19)14-33-21-10-20(23(31)30(6)27-21)24-11-17-12-26-29(5)22(17)28(3)4/h8-10,12-13,15-16,24H,11,14H2,1-7H3/t15?,16-/m0/s1. The van der Waals surface area contributed by atoms with Gasteiger partial charge in [-0.15, -0.1) is 5.10 Å². The lowest BCUT2D eigenvalue weighted by molar-refractivity contribution is 0.228. The van der Waals surface area contributed by atoms with Gasteiger partial charge in [-0.25, -0.2) is 4.68 Å². The number of nitrogens with zero attached hydrogens (tertiary/aromatic N) is 6. The summed E-state index contributed by atoms with van der Waals surface area (Å²) in [5.74, 6) is 2.45. The van der Waals surface area contributed by atoms with Gasteiger partial charge in [-0.05, 0) is 18.1 Å². The average Bonchev–Trinajstić information content (AvgIpc) is 3.18. The summed E-state index contributed by atoms with van der Waals surface area (Å²) in [6.07, 6.45) is 3.51. The molecule has 0 radical (unpaired) electrons. The van der Waals surface area contributed by atoms with E-state index in [0.717, 1.165) is 22.8 Å². The van der Waals surface area contributed by atoms with Crippen LogP contribution in [0.2, 0.25) is 0 Å². The van der Waals surface area contributed by atoms with Gasteiger partial charge in [-0.1, -0.05) is 13.8 Å². The minimum Gasteiger partial charge on any atom is -0.495 e. The normalized spacial score (nSPS) is 12.8. The molecular formula is C23H33N7O3. The Balaban J connectivity index is 1.67. The summed E-state index contributed by atoms with van der Waals surface area (Å²) in [7, 11) is 9.05. The second-order valence-electron chi connectivity index (χ2n) is 8.39. The van der Waals surface area contributed by atoms with Crippen molar-refractivity contribution in [2.75, 3.05) is 38.0 Å². The zero-order valence-corrected chi connectivity index (χ0v) is 20.4. The highest BCUT2D eigenvalue weighted by molar-refractivity contribution is 5.49. The van der Waals surface area contributed by atoms with Crippen molar-refractivity contribution in [1.82, 2.24) is 24.5 Å². The molecule has 2 atom stereocenters. The van der Waals surface area contributed by atoms with Gasteiger partial charge in [-0.3, -0.25) is 14.5 Å². The van der Waals surface area contributed by atoms with Crippen LogP contribution in [0.15, 0.2) is 35.4 Å². The van der Waals surface area contributed by atoms with Crippen LogP contribution < -0.4 is 25.2 Å². The van der Waals surface area contributed by atoms with Crippen molar-refractivity contribution < 1.29 is 9.47 Å². The molecule has 1 unspecified atom stereocenters. The quantitative estimate of drug-likeness (QED) is 0.498. The van der Waals surface area contributed by atoms with Gasteiger partial charge < -0.3 is 19.7 Å². The first kappa shape index (κ1) is 24.1. The van der Waals surface area contributed by atoms with Crippen LogP contribution in [-0.2, 0) is 20.6 Å². The predicted octanol–water partition coefficient (Wildman–Crippen LogP) is 2.41. The van der Waals surface area contributed by atoms with E-state index in [1.54, 1.807) is 37.3 Å². The van der Waals surface area contributed by atoms with Crippen LogP contribution in [0.1, 0.15) is 31.0 Å². The molecule has 1 N–H and O–H groups in total. The molecule has 10 heteroatoms. The minimum atomic E-state index is -0.221. The van der Waals surface area contributed by atoms with Crippen LogP contribution in [0.5, 0.6) is 11.6 Å². The van der Waals surface area contributed by atoms with Crippen LogP contribution in [0, 0.1) is 5.92 Å². The third-order valence-corrected chi connectivity index (χ3v) is 5.72. The maximum atomic E-state index is 12.6. The van der Waals surface area contributed by atoms with Gasteiger partial charge in [0.05, 0.1) is 26.1 Å². The molecule has 3 aromatic heterocycles. The van der Waals surface area contributed by atoms with Gasteiger partial charge in [0.15, 0.2) is 0 Å². The Morgan fingerprint density at radius 2 is 1.91 bits per heavy atom. The van der Waals surface area contributed by atoms with Crippen molar-refractivity contribution in [1.29, 1.82) is 0 Å². The average molecular weight is 456 g/mol. The highest BCUT2D eigenvalue weighted by atomic mass is 16.5. The third kappa shape index (κ3) is 5.63. The number of aromatic nitrogens is 5. The maximum Gasteiger partial charge on any atom is 0.290 e. The van der Waals surface area contributed by atoms with E-state index in [9.17, 15) is 4.79 Å². The Bertz CT molecular complexity index is 1120. The first-order chi connectivity index (χ1) is 15.7. The molecule has 0 saturated carbocycles. The minimum absolute atomic E-state index is 0.177. The van der Waals surface area contributed by atoms with E-state index >= 15 is 0 Å². The molecule has 10 nitrogen and oxygen atoms in total. The second kappa shape index (κ2) is 10.4. The molecule has 3 heterocycles. The molecule has 0 aromatic carbocycles. The summed E-state index contributed by atoms with van der Waals surface area (Å²) in [6.45, 7) is 5.10. The first-order valence-electron chi connectivity index (χ1n) is 10.8. The molecule has 3 aromatic rings. The van der Waals surface area contributed by atoms with Gasteiger partial charge in [0.2, 0.25) is 5.88 Å². The number of pyridine rings is 1. The molecule has 178 valence electrons. The van der Waals surface area contributed by atoms with Crippen LogP contribution in [0.3, 0.4) is 0 Å².